The molecular formula is C32H35BrN4O5S. The molecule has 2 fully saturated rings. The van der Waals surface area contributed by atoms with E-state index in [0.29, 0.717) is 23.9 Å². The number of thioether (sulfide) groups is 1. The number of carbonyl (C=O) groups is 4. The first-order valence-corrected chi connectivity index (χ1v) is 16.2. The van der Waals surface area contributed by atoms with Gasteiger partial charge >= 0.3 is 12.0 Å². The van der Waals surface area contributed by atoms with Crippen molar-refractivity contribution in [2.24, 2.45) is 5.73 Å². The molecule has 0 aliphatic carbocycles. The maximum absolute atomic E-state index is 14.2. The third-order valence-corrected chi connectivity index (χ3v) is 10.4. The van der Waals surface area contributed by atoms with E-state index >= 15 is 0 Å². The van der Waals surface area contributed by atoms with Crippen molar-refractivity contribution in [2.75, 3.05) is 10.7 Å². The summed E-state index contributed by atoms with van der Waals surface area (Å²) in [6.45, 7) is 1.31. The van der Waals surface area contributed by atoms with E-state index in [-0.39, 0.29) is 36.2 Å². The molecule has 5 rings (SSSR count). The van der Waals surface area contributed by atoms with Crippen LogP contribution in [0.25, 0.3) is 10.8 Å². The van der Waals surface area contributed by atoms with Crippen LogP contribution in [0.3, 0.4) is 0 Å². The molecule has 2 aliphatic heterocycles. The second-order valence-electron chi connectivity index (χ2n) is 11.3. The molecular weight excluding hydrogens is 632 g/mol. The average molecular weight is 668 g/mol. The lowest BCUT2D eigenvalue weighted by molar-refractivity contribution is -0.149. The Labute approximate surface area is 263 Å². The fourth-order valence-electron chi connectivity index (χ4n) is 5.97. The highest BCUT2D eigenvalue weighted by molar-refractivity contribution is 9.10. The van der Waals surface area contributed by atoms with E-state index in [2.05, 4.69) is 26.6 Å². The highest BCUT2D eigenvalue weighted by Gasteiger charge is 2.50. The third kappa shape index (κ3) is 6.44. The number of nitrogens with two attached hydrogens (primary N) is 1. The van der Waals surface area contributed by atoms with Gasteiger partial charge in [-0.1, -0.05) is 70.9 Å². The number of carboxylic acids is 1. The van der Waals surface area contributed by atoms with Gasteiger partial charge in [0.25, 0.3) is 0 Å². The minimum Gasteiger partial charge on any atom is -0.479 e. The quantitative estimate of drug-likeness (QED) is 0.125. The molecule has 0 bridgehead atoms. The number of nitrogens with zero attached hydrogens (tertiary/aromatic N) is 1. The van der Waals surface area contributed by atoms with E-state index in [1.54, 1.807) is 30.0 Å². The number of rotatable bonds is 12. The van der Waals surface area contributed by atoms with Crippen LogP contribution >= 0.6 is 27.7 Å². The van der Waals surface area contributed by atoms with E-state index in [1.807, 2.05) is 48.5 Å². The van der Waals surface area contributed by atoms with Crippen LogP contribution in [0.2, 0.25) is 0 Å². The number of Topliss-reactive ketones (excluding diaryl/α,β-unsaturated/α-hetero) is 1. The van der Waals surface area contributed by atoms with Gasteiger partial charge in [0.05, 0.1) is 23.8 Å². The first kappa shape index (κ1) is 31.0. The van der Waals surface area contributed by atoms with Gasteiger partial charge in [-0.25, -0.2) is 9.59 Å². The first-order chi connectivity index (χ1) is 20.6. The van der Waals surface area contributed by atoms with Crippen LogP contribution in [0.1, 0.15) is 38.2 Å². The number of anilines is 1. The Bertz CT molecular complexity index is 1530. The van der Waals surface area contributed by atoms with E-state index in [1.165, 1.54) is 6.92 Å². The summed E-state index contributed by atoms with van der Waals surface area (Å²) < 4.78 is 0.883. The highest BCUT2D eigenvalue weighted by Crippen LogP contribution is 2.36. The number of fused-ring (bicyclic) bond motifs is 2. The summed E-state index contributed by atoms with van der Waals surface area (Å²) in [6, 6.07) is 19.0. The first-order valence-electron chi connectivity index (χ1n) is 14.4. The largest absolute Gasteiger partial charge is 0.479 e. The Morgan fingerprint density at radius 1 is 1.07 bits per heavy atom. The van der Waals surface area contributed by atoms with Gasteiger partial charge in [0.1, 0.15) is 0 Å². The minimum atomic E-state index is -2.19. The number of carboxylic acid groups (broad SMARTS) is 1. The van der Waals surface area contributed by atoms with E-state index < -0.39 is 29.2 Å². The second-order valence-corrected chi connectivity index (χ2v) is 13.5. The standard InChI is InChI=1S/C32H35BrN4O5S/c1-32(30(40)41,27(38)12-5-4-11-26-28-24(18-43-26)35-31(42)36-28)37(25-10-6-8-20-7-2-3-9-22(20)25)29(39)23(34)17-19-13-15-21(33)16-14-19/h2-3,6-10,13-16,23-24,26,28H,4-5,11-12,17-18,34H2,1H3,(H,40,41)(H2,35,36,42)/t23-,24-,26-,28-,32+/m0/s1. The lowest BCUT2D eigenvalue weighted by Gasteiger charge is -2.39. The summed E-state index contributed by atoms with van der Waals surface area (Å²) in [5.41, 5.74) is 5.42. The highest BCUT2D eigenvalue weighted by atomic mass is 79.9. The molecule has 3 aromatic carbocycles. The molecule has 9 nitrogen and oxygen atoms in total. The van der Waals surface area contributed by atoms with Gasteiger partial charge in [0.2, 0.25) is 11.4 Å². The molecule has 0 aromatic heterocycles. The normalized spacial score (nSPS) is 21.4. The van der Waals surface area contributed by atoms with Gasteiger partial charge < -0.3 is 21.5 Å². The number of benzene rings is 3. The Balaban J connectivity index is 1.39. The number of hydrogen-bond donors (Lipinski definition) is 4. The van der Waals surface area contributed by atoms with Gasteiger partial charge in [-0.3, -0.25) is 14.5 Å². The van der Waals surface area contributed by atoms with Crippen LogP contribution in [0, 0.1) is 0 Å². The molecule has 0 saturated carbocycles. The number of aliphatic carboxylic acids is 1. The number of amides is 3. The van der Waals surface area contributed by atoms with Crippen LogP contribution in [-0.4, -0.2) is 63.5 Å². The zero-order valence-electron chi connectivity index (χ0n) is 23.8. The van der Waals surface area contributed by atoms with Crippen LogP contribution in [0.4, 0.5) is 10.5 Å². The average Bonchev–Trinajstić information content (AvgIpc) is 3.55. The summed E-state index contributed by atoms with van der Waals surface area (Å²) in [7, 11) is 0. The maximum Gasteiger partial charge on any atom is 0.337 e. The van der Waals surface area contributed by atoms with Gasteiger partial charge in [-0.05, 0) is 55.3 Å². The van der Waals surface area contributed by atoms with Crippen molar-refractivity contribution in [3.05, 3.63) is 76.8 Å². The summed E-state index contributed by atoms with van der Waals surface area (Å²) in [5, 5.41) is 18.2. The zero-order valence-corrected chi connectivity index (χ0v) is 26.2. The van der Waals surface area contributed by atoms with Crippen molar-refractivity contribution in [2.45, 2.75) is 67.9 Å². The summed E-state index contributed by atoms with van der Waals surface area (Å²) in [6.07, 6.45) is 2.08. The lowest BCUT2D eigenvalue weighted by atomic mass is 9.87. The topological polar surface area (TPSA) is 142 Å². The molecule has 2 saturated heterocycles. The van der Waals surface area contributed by atoms with Gasteiger partial charge in [0.15, 0.2) is 5.78 Å². The Morgan fingerprint density at radius 3 is 2.53 bits per heavy atom. The van der Waals surface area contributed by atoms with Crippen molar-refractivity contribution in [3.63, 3.8) is 0 Å². The molecule has 0 unspecified atom stereocenters. The van der Waals surface area contributed by atoms with Crippen molar-refractivity contribution >= 4 is 67.8 Å². The molecule has 0 radical (unpaired) electrons. The fraction of sp³-hybridized carbons (Fsp3) is 0.375. The zero-order chi connectivity index (χ0) is 30.7. The molecule has 11 heteroatoms. The minimum absolute atomic E-state index is 0.0185. The number of hydrogen-bond acceptors (Lipinski definition) is 6. The van der Waals surface area contributed by atoms with Gasteiger partial charge in [0, 0.05) is 27.3 Å². The number of halogens is 1. The van der Waals surface area contributed by atoms with E-state index in [9.17, 15) is 24.3 Å². The Hall–Kier alpha value is -3.41. The van der Waals surface area contributed by atoms with Crippen LogP contribution in [0.5, 0.6) is 0 Å². The molecule has 3 aromatic rings. The monoisotopic (exact) mass is 666 g/mol. The SMILES string of the molecule is C[C@](C(=O)O)(C(=O)CCCC[C@@H]1SC[C@@H]2NC(=O)N[C@@H]21)N(C(=O)[C@@H](N)Cc1ccc(Br)cc1)c1cccc2ccccc12. The predicted molar refractivity (Wildman–Crippen MR) is 172 cm³/mol. The number of unbranched alkanes of at least 4 members (excludes halogenated alkanes) is 1. The van der Waals surface area contributed by atoms with E-state index in [4.69, 9.17) is 5.73 Å². The molecule has 2 aliphatic rings. The van der Waals surface area contributed by atoms with Gasteiger partial charge in [-0.15, -0.1) is 0 Å². The summed E-state index contributed by atoms with van der Waals surface area (Å²) >= 11 is 5.20. The van der Waals surface area contributed by atoms with Crippen molar-refractivity contribution in [3.8, 4) is 0 Å². The van der Waals surface area contributed by atoms with Gasteiger partial charge in [-0.2, -0.15) is 11.8 Å². The summed E-state index contributed by atoms with van der Waals surface area (Å²) in [4.78, 5) is 53.9. The molecule has 0 spiro atoms. The molecule has 3 amide bonds. The Morgan fingerprint density at radius 2 is 1.79 bits per heavy atom. The number of nitrogens with one attached hydrogen (secondary N) is 2. The molecule has 5 atom stereocenters. The van der Waals surface area contributed by atoms with Crippen molar-refractivity contribution in [1.29, 1.82) is 0 Å². The lowest BCUT2D eigenvalue weighted by Crippen LogP contribution is -2.63. The van der Waals surface area contributed by atoms with Crippen LogP contribution in [-0.2, 0) is 20.8 Å². The molecule has 5 N–H and O–H groups in total. The van der Waals surface area contributed by atoms with E-state index in [0.717, 1.165) is 32.5 Å². The molecule has 226 valence electrons. The second kappa shape index (κ2) is 13.1. The molecule has 43 heavy (non-hydrogen) atoms. The van der Waals surface area contributed by atoms with Crippen molar-refractivity contribution < 1.29 is 24.3 Å². The number of carbonyl (C=O) groups excluding carboxylic acids is 3. The van der Waals surface area contributed by atoms with Crippen LogP contribution in [0.15, 0.2) is 71.2 Å². The van der Waals surface area contributed by atoms with Crippen LogP contribution < -0.4 is 21.3 Å². The predicted octanol–water partition coefficient (Wildman–Crippen LogP) is 4.64. The smallest absolute Gasteiger partial charge is 0.337 e. The molecule has 2 heterocycles. The fourth-order valence-corrected chi connectivity index (χ4v) is 7.78. The third-order valence-electron chi connectivity index (χ3n) is 8.40. The van der Waals surface area contributed by atoms with Crippen molar-refractivity contribution in [1.82, 2.24) is 10.6 Å². The number of urea groups is 1. The number of ketones is 1. The summed E-state index contributed by atoms with van der Waals surface area (Å²) in [5.74, 6) is -1.78. The Kier molecular flexibility index (Phi) is 9.43. The maximum atomic E-state index is 14.2.